The van der Waals surface area contributed by atoms with Crippen LogP contribution < -0.4 is 11.0 Å². The Labute approximate surface area is 157 Å². The Morgan fingerprint density at radius 3 is 2.59 bits per heavy atom. The molecule has 1 aromatic carbocycles. The van der Waals surface area contributed by atoms with Gasteiger partial charge in [-0.2, -0.15) is 4.98 Å². The Morgan fingerprint density at radius 2 is 1.96 bits per heavy atom. The number of H-pyrrole nitrogens is 1. The number of carbonyl (C=O) groups is 1. The maximum Gasteiger partial charge on any atom is 0.326 e. The third-order valence-electron chi connectivity index (χ3n) is 4.13. The van der Waals surface area contributed by atoms with E-state index in [9.17, 15) is 9.59 Å². The summed E-state index contributed by atoms with van der Waals surface area (Å²) in [7, 11) is 0. The monoisotopic (exact) mass is 371 g/mol. The molecule has 0 aliphatic rings. The van der Waals surface area contributed by atoms with Crippen molar-refractivity contribution in [2.45, 2.75) is 53.6 Å². The minimum Gasteiger partial charge on any atom is -0.344 e. The molecule has 144 valence electrons. The predicted octanol–water partition coefficient (Wildman–Crippen LogP) is 2.80. The second-order valence-electron chi connectivity index (χ2n) is 8.51. The van der Waals surface area contributed by atoms with Gasteiger partial charge in [0.2, 0.25) is 5.91 Å². The molecule has 0 unspecified atom stereocenters. The Balaban J connectivity index is 2.13. The summed E-state index contributed by atoms with van der Waals surface area (Å²) in [5.41, 5.74) is 1.08. The fraction of sp³-hybridized carbons (Fsp3) is 0.474. The number of hydrogen-bond acceptors (Lipinski definition) is 5. The van der Waals surface area contributed by atoms with Crippen molar-refractivity contribution in [1.29, 1.82) is 0 Å². The zero-order valence-corrected chi connectivity index (χ0v) is 16.5. The van der Waals surface area contributed by atoms with Gasteiger partial charge in [0.15, 0.2) is 5.82 Å². The normalized spacial score (nSPS) is 12.5. The molecule has 0 spiro atoms. The second kappa shape index (κ2) is 6.37. The summed E-state index contributed by atoms with van der Waals surface area (Å²) in [5.74, 6) is 0.485. The largest absolute Gasteiger partial charge is 0.344 e. The maximum atomic E-state index is 12.5. The van der Waals surface area contributed by atoms with Crippen molar-refractivity contribution in [3.63, 3.8) is 0 Å². The number of nitrogens with one attached hydrogen (secondary N) is 2. The Morgan fingerprint density at radius 1 is 1.26 bits per heavy atom. The van der Waals surface area contributed by atoms with Gasteiger partial charge in [0, 0.05) is 13.5 Å². The van der Waals surface area contributed by atoms with Crippen LogP contribution in [0.3, 0.4) is 0 Å². The Bertz CT molecular complexity index is 1050. The molecule has 0 radical (unpaired) electrons. The van der Waals surface area contributed by atoms with Crippen molar-refractivity contribution in [3.8, 4) is 11.5 Å². The first-order chi connectivity index (χ1) is 12.5. The molecule has 2 aromatic heterocycles. The molecule has 0 bridgehead atoms. The van der Waals surface area contributed by atoms with E-state index in [2.05, 4.69) is 41.2 Å². The molecule has 1 amide bonds. The molecule has 0 atom stereocenters. The van der Waals surface area contributed by atoms with Gasteiger partial charge in [0.05, 0.1) is 22.1 Å². The first-order valence-electron chi connectivity index (χ1n) is 8.83. The number of aromatic amines is 1. The number of para-hydroxylation sites is 1. The first-order valence-corrected chi connectivity index (χ1v) is 8.83. The smallest absolute Gasteiger partial charge is 0.326 e. The highest BCUT2D eigenvalue weighted by Crippen LogP contribution is 2.29. The molecule has 8 heteroatoms. The number of hydrogen-bond donors (Lipinski definition) is 2. The van der Waals surface area contributed by atoms with Crippen LogP contribution >= 0.6 is 0 Å². The summed E-state index contributed by atoms with van der Waals surface area (Å²) < 4.78 is 7.18. The van der Waals surface area contributed by atoms with E-state index in [1.807, 2.05) is 18.2 Å². The lowest BCUT2D eigenvalue weighted by Gasteiger charge is -2.20. The predicted molar refractivity (Wildman–Crippen MR) is 102 cm³/mol. The molecule has 3 rings (SSSR count). The number of nitrogens with zero attached hydrogens (tertiary/aromatic N) is 3. The van der Waals surface area contributed by atoms with Crippen LogP contribution in [0.25, 0.3) is 22.5 Å². The van der Waals surface area contributed by atoms with Crippen molar-refractivity contribution in [1.82, 2.24) is 25.0 Å². The van der Waals surface area contributed by atoms with Gasteiger partial charge in [-0.15, -0.1) is 0 Å². The highest BCUT2D eigenvalue weighted by Gasteiger charge is 2.29. The average Bonchev–Trinajstić information content (AvgIpc) is 3.11. The minimum atomic E-state index is -0.773. The Kier molecular flexibility index (Phi) is 4.45. The summed E-state index contributed by atoms with van der Waals surface area (Å²) in [6.45, 7) is 11.8. The van der Waals surface area contributed by atoms with E-state index < -0.39 is 5.54 Å². The lowest BCUT2D eigenvalue weighted by atomic mass is 9.96. The summed E-state index contributed by atoms with van der Waals surface area (Å²) >= 11 is 0. The zero-order valence-electron chi connectivity index (χ0n) is 16.5. The van der Waals surface area contributed by atoms with E-state index in [0.717, 1.165) is 5.52 Å². The van der Waals surface area contributed by atoms with Gasteiger partial charge in [-0.1, -0.05) is 32.0 Å². The summed E-state index contributed by atoms with van der Waals surface area (Å²) in [6.07, 6.45) is 0. The molecule has 2 heterocycles. The third kappa shape index (κ3) is 3.79. The van der Waals surface area contributed by atoms with Crippen molar-refractivity contribution in [2.75, 3.05) is 0 Å². The number of aromatic nitrogens is 4. The van der Waals surface area contributed by atoms with Crippen LogP contribution in [0.2, 0.25) is 0 Å². The number of carbonyl (C=O) groups excluding carboxylic acids is 1. The SMILES string of the molecule is CC(=O)NC(C)(C)c1noc(-c2cccc3[nH]c(=O)n(CC(C)(C)C)c23)n1. The number of amides is 1. The fourth-order valence-electron chi connectivity index (χ4n) is 3.10. The summed E-state index contributed by atoms with van der Waals surface area (Å²) in [5, 5.41) is 6.84. The number of imidazole rings is 1. The van der Waals surface area contributed by atoms with Gasteiger partial charge in [0.1, 0.15) is 0 Å². The molecular formula is C19H25N5O3. The number of fused-ring (bicyclic) bond motifs is 1. The molecule has 0 saturated carbocycles. The molecule has 0 saturated heterocycles. The summed E-state index contributed by atoms with van der Waals surface area (Å²) in [6, 6.07) is 5.52. The number of rotatable bonds is 4. The van der Waals surface area contributed by atoms with Crippen molar-refractivity contribution in [2.24, 2.45) is 5.41 Å². The van der Waals surface area contributed by atoms with Gasteiger partial charge >= 0.3 is 5.69 Å². The van der Waals surface area contributed by atoms with Gasteiger partial charge in [-0.05, 0) is 31.4 Å². The van der Waals surface area contributed by atoms with Gasteiger partial charge < -0.3 is 14.8 Å². The van der Waals surface area contributed by atoms with Crippen molar-refractivity contribution in [3.05, 3.63) is 34.5 Å². The highest BCUT2D eigenvalue weighted by atomic mass is 16.5. The van der Waals surface area contributed by atoms with Crippen LogP contribution in [0.1, 0.15) is 47.4 Å². The molecule has 0 aliphatic heterocycles. The van der Waals surface area contributed by atoms with Gasteiger partial charge in [-0.3, -0.25) is 9.36 Å². The number of benzene rings is 1. The van der Waals surface area contributed by atoms with Crippen molar-refractivity contribution < 1.29 is 9.32 Å². The van der Waals surface area contributed by atoms with E-state index in [-0.39, 0.29) is 17.0 Å². The molecule has 2 N–H and O–H groups in total. The molecule has 8 nitrogen and oxygen atoms in total. The molecule has 27 heavy (non-hydrogen) atoms. The third-order valence-corrected chi connectivity index (χ3v) is 4.13. The molecule has 0 fully saturated rings. The maximum absolute atomic E-state index is 12.5. The molecule has 0 aliphatic carbocycles. The van der Waals surface area contributed by atoms with E-state index in [1.54, 1.807) is 18.4 Å². The van der Waals surface area contributed by atoms with Crippen LogP contribution in [0.4, 0.5) is 0 Å². The average molecular weight is 371 g/mol. The fourth-order valence-corrected chi connectivity index (χ4v) is 3.10. The lowest BCUT2D eigenvalue weighted by Crippen LogP contribution is -2.40. The molecular weight excluding hydrogens is 346 g/mol. The van der Waals surface area contributed by atoms with E-state index in [4.69, 9.17) is 4.52 Å². The van der Waals surface area contributed by atoms with Crippen molar-refractivity contribution >= 4 is 16.9 Å². The topological polar surface area (TPSA) is 106 Å². The van der Waals surface area contributed by atoms with Crippen LogP contribution in [0, 0.1) is 5.41 Å². The van der Waals surface area contributed by atoms with Crippen LogP contribution in [0.5, 0.6) is 0 Å². The lowest BCUT2D eigenvalue weighted by molar-refractivity contribution is -0.120. The minimum absolute atomic E-state index is 0.0839. The van der Waals surface area contributed by atoms with Crippen LogP contribution in [0.15, 0.2) is 27.5 Å². The molecule has 3 aromatic rings. The van der Waals surface area contributed by atoms with E-state index in [0.29, 0.717) is 29.3 Å². The van der Waals surface area contributed by atoms with E-state index >= 15 is 0 Å². The van der Waals surface area contributed by atoms with Gasteiger partial charge in [0.25, 0.3) is 5.89 Å². The van der Waals surface area contributed by atoms with Crippen LogP contribution in [-0.4, -0.2) is 25.6 Å². The second-order valence-corrected chi connectivity index (χ2v) is 8.51. The summed E-state index contributed by atoms with van der Waals surface area (Å²) in [4.78, 5) is 31.3. The first kappa shape index (κ1) is 18.9. The van der Waals surface area contributed by atoms with E-state index in [1.165, 1.54) is 6.92 Å². The standard InChI is InChI=1S/C19H25N5O3/c1-11(25)22-19(5,6)16-21-15(27-23-16)12-8-7-9-13-14(12)24(17(26)20-13)10-18(2,3)4/h7-9H,10H2,1-6H3,(H,20,26)(H,22,25). The quantitative estimate of drug-likeness (QED) is 0.733. The highest BCUT2D eigenvalue weighted by molar-refractivity contribution is 5.89. The zero-order chi connectivity index (χ0) is 20.0. The Hall–Kier alpha value is -2.90. The van der Waals surface area contributed by atoms with Crippen LogP contribution in [-0.2, 0) is 16.9 Å². The van der Waals surface area contributed by atoms with Gasteiger partial charge in [-0.25, -0.2) is 4.79 Å².